The molecule has 0 unspecified atom stereocenters. The third-order valence-corrected chi connectivity index (χ3v) is 5.26. The van der Waals surface area contributed by atoms with Crippen LogP contribution in [0, 0.1) is 0 Å². The van der Waals surface area contributed by atoms with Crippen molar-refractivity contribution in [1.29, 1.82) is 0 Å². The van der Waals surface area contributed by atoms with E-state index in [2.05, 4.69) is 5.32 Å². The summed E-state index contributed by atoms with van der Waals surface area (Å²) in [5, 5.41) is 3.50. The monoisotopic (exact) mass is 443 g/mol. The average Bonchev–Trinajstić information content (AvgIpc) is 3.47. The molecule has 0 radical (unpaired) electrons. The molecule has 7 heteroatoms. The highest BCUT2D eigenvalue weighted by atomic mass is 16.7. The standard InChI is InChI=1S/C26H21NO6/c1-2-13-30-18-10-7-16(8-11-18)26(29)27-23-19-5-3-4-6-20(19)33-25(23)24(28)17-9-12-21-22(14-17)32-15-31-21/h3-12,14H,2,13,15H2,1H3,(H,27,29). The van der Waals surface area contributed by atoms with Crippen LogP contribution in [0.3, 0.4) is 0 Å². The molecule has 33 heavy (non-hydrogen) atoms. The van der Waals surface area contributed by atoms with Gasteiger partial charge in [-0.2, -0.15) is 0 Å². The van der Waals surface area contributed by atoms with Gasteiger partial charge in [0.05, 0.1) is 12.3 Å². The fourth-order valence-electron chi connectivity index (χ4n) is 3.61. The Balaban J connectivity index is 1.47. The zero-order valence-corrected chi connectivity index (χ0v) is 17.9. The predicted octanol–water partition coefficient (Wildman–Crippen LogP) is 5.43. The van der Waals surface area contributed by atoms with Gasteiger partial charge in [0.2, 0.25) is 12.6 Å². The topological polar surface area (TPSA) is 87.0 Å². The number of ether oxygens (including phenoxy) is 3. The van der Waals surface area contributed by atoms with Gasteiger partial charge in [0.15, 0.2) is 17.3 Å². The molecule has 5 rings (SSSR count). The van der Waals surface area contributed by atoms with E-state index in [4.69, 9.17) is 18.6 Å². The third-order valence-electron chi connectivity index (χ3n) is 5.26. The van der Waals surface area contributed by atoms with Crippen LogP contribution in [0.15, 0.2) is 71.1 Å². The summed E-state index contributed by atoms with van der Waals surface area (Å²) in [5.74, 6) is 1.09. The van der Waals surface area contributed by atoms with Crippen molar-refractivity contribution < 1.29 is 28.2 Å². The molecule has 1 amide bonds. The van der Waals surface area contributed by atoms with Crippen LogP contribution in [0.1, 0.15) is 39.8 Å². The van der Waals surface area contributed by atoms with E-state index in [0.29, 0.717) is 51.6 Å². The second kappa shape index (κ2) is 8.70. The zero-order valence-electron chi connectivity index (χ0n) is 17.9. The second-order valence-electron chi connectivity index (χ2n) is 7.53. The van der Waals surface area contributed by atoms with E-state index in [1.165, 1.54) is 0 Å². The van der Waals surface area contributed by atoms with Gasteiger partial charge in [0.25, 0.3) is 5.91 Å². The molecule has 0 aliphatic carbocycles. The lowest BCUT2D eigenvalue weighted by molar-refractivity contribution is 0.101. The van der Waals surface area contributed by atoms with Crippen molar-refractivity contribution in [3.05, 3.63) is 83.6 Å². The van der Waals surface area contributed by atoms with Crippen molar-refractivity contribution in [1.82, 2.24) is 0 Å². The number of fused-ring (bicyclic) bond motifs is 2. The van der Waals surface area contributed by atoms with E-state index in [1.807, 2.05) is 13.0 Å². The molecule has 1 aromatic heterocycles. The van der Waals surface area contributed by atoms with Gasteiger partial charge >= 0.3 is 0 Å². The van der Waals surface area contributed by atoms with E-state index < -0.39 is 0 Å². The van der Waals surface area contributed by atoms with Crippen molar-refractivity contribution in [2.24, 2.45) is 0 Å². The number of furan rings is 1. The molecule has 7 nitrogen and oxygen atoms in total. The van der Waals surface area contributed by atoms with Crippen LogP contribution < -0.4 is 19.5 Å². The number of carbonyl (C=O) groups excluding carboxylic acids is 2. The smallest absolute Gasteiger partial charge is 0.255 e. The first-order valence-corrected chi connectivity index (χ1v) is 10.6. The molecule has 0 spiro atoms. The molecular weight excluding hydrogens is 422 g/mol. The molecule has 0 saturated heterocycles. The maximum atomic E-state index is 13.3. The van der Waals surface area contributed by atoms with Crippen LogP contribution in [0.25, 0.3) is 11.0 Å². The van der Waals surface area contributed by atoms with Crippen molar-refractivity contribution in [2.75, 3.05) is 18.7 Å². The number of amides is 1. The highest BCUT2D eigenvalue weighted by Gasteiger charge is 2.25. The first-order chi connectivity index (χ1) is 16.1. The van der Waals surface area contributed by atoms with Crippen LogP contribution in [-0.4, -0.2) is 25.1 Å². The highest BCUT2D eigenvalue weighted by Crippen LogP contribution is 2.36. The molecule has 1 aliphatic heterocycles. The van der Waals surface area contributed by atoms with Gasteiger partial charge < -0.3 is 23.9 Å². The maximum Gasteiger partial charge on any atom is 0.255 e. The van der Waals surface area contributed by atoms with Gasteiger partial charge in [-0.1, -0.05) is 19.1 Å². The van der Waals surface area contributed by atoms with E-state index in [-0.39, 0.29) is 24.2 Å². The minimum atomic E-state index is -0.372. The van der Waals surface area contributed by atoms with Gasteiger partial charge in [-0.15, -0.1) is 0 Å². The molecule has 0 bridgehead atoms. The number of hydrogen-bond donors (Lipinski definition) is 1. The summed E-state index contributed by atoms with van der Waals surface area (Å²) < 4.78 is 22.2. The Labute approximate surface area is 189 Å². The lowest BCUT2D eigenvalue weighted by Gasteiger charge is -2.08. The zero-order chi connectivity index (χ0) is 22.8. The van der Waals surface area contributed by atoms with E-state index in [9.17, 15) is 9.59 Å². The number of anilines is 1. The minimum Gasteiger partial charge on any atom is -0.494 e. The Morgan fingerprint density at radius 1 is 0.939 bits per heavy atom. The average molecular weight is 443 g/mol. The van der Waals surface area contributed by atoms with Crippen molar-refractivity contribution in [2.45, 2.75) is 13.3 Å². The van der Waals surface area contributed by atoms with Gasteiger partial charge in [-0.05, 0) is 61.0 Å². The Bertz CT molecular complexity index is 1340. The normalized spacial score (nSPS) is 12.0. The third kappa shape index (κ3) is 4.01. The molecule has 2 heterocycles. The van der Waals surface area contributed by atoms with E-state index in [0.717, 1.165) is 6.42 Å². The van der Waals surface area contributed by atoms with Gasteiger partial charge in [0.1, 0.15) is 11.3 Å². The molecule has 0 saturated carbocycles. The van der Waals surface area contributed by atoms with Gasteiger partial charge in [-0.3, -0.25) is 9.59 Å². The van der Waals surface area contributed by atoms with Crippen molar-refractivity contribution in [3.8, 4) is 17.2 Å². The summed E-state index contributed by atoms with van der Waals surface area (Å²) in [7, 11) is 0. The molecular formula is C26H21NO6. The molecule has 4 aromatic rings. The second-order valence-corrected chi connectivity index (χ2v) is 7.53. The van der Waals surface area contributed by atoms with Gasteiger partial charge in [0, 0.05) is 16.5 Å². The number of hydrogen-bond acceptors (Lipinski definition) is 6. The molecule has 1 N–H and O–H groups in total. The van der Waals surface area contributed by atoms with E-state index >= 15 is 0 Å². The van der Waals surface area contributed by atoms with E-state index in [1.54, 1.807) is 60.7 Å². The summed E-state index contributed by atoms with van der Waals surface area (Å²) in [6, 6.07) is 19.0. The van der Waals surface area contributed by atoms with Crippen LogP contribution in [0.4, 0.5) is 5.69 Å². The molecule has 0 atom stereocenters. The maximum absolute atomic E-state index is 13.3. The lowest BCUT2D eigenvalue weighted by Crippen LogP contribution is -2.14. The summed E-state index contributed by atoms with van der Waals surface area (Å²) >= 11 is 0. The number of rotatable bonds is 7. The molecule has 166 valence electrons. The Kier molecular flexibility index (Phi) is 5.44. The van der Waals surface area contributed by atoms with Crippen molar-refractivity contribution >= 4 is 28.3 Å². The lowest BCUT2D eigenvalue weighted by atomic mass is 10.1. The van der Waals surface area contributed by atoms with Crippen LogP contribution >= 0.6 is 0 Å². The SMILES string of the molecule is CCCOc1ccc(C(=O)Nc2c(C(=O)c3ccc4c(c3)OCO4)oc3ccccc23)cc1. The van der Waals surface area contributed by atoms with Crippen molar-refractivity contribution in [3.63, 3.8) is 0 Å². The summed E-state index contributed by atoms with van der Waals surface area (Å²) in [4.78, 5) is 26.3. The summed E-state index contributed by atoms with van der Waals surface area (Å²) in [6.07, 6.45) is 0.899. The number of benzene rings is 3. The first kappa shape index (κ1) is 20.6. The summed E-state index contributed by atoms with van der Waals surface area (Å²) in [6.45, 7) is 2.75. The Hall–Kier alpha value is -4.26. The van der Waals surface area contributed by atoms with Crippen LogP contribution in [-0.2, 0) is 0 Å². The Morgan fingerprint density at radius 2 is 1.70 bits per heavy atom. The molecule has 0 fully saturated rings. The minimum absolute atomic E-state index is 0.0475. The largest absolute Gasteiger partial charge is 0.494 e. The number of ketones is 1. The fourth-order valence-corrected chi connectivity index (χ4v) is 3.61. The number of carbonyl (C=O) groups is 2. The Morgan fingerprint density at radius 3 is 2.52 bits per heavy atom. The van der Waals surface area contributed by atoms with Crippen LogP contribution in [0.5, 0.6) is 17.2 Å². The number of nitrogens with one attached hydrogen (secondary N) is 1. The fraction of sp³-hybridized carbons (Fsp3) is 0.154. The molecule has 1 aliphatic rings. The number of para-hydroxylation sites is 1. The first-order valence-electron chi connectivity index (χ1n) is 10.6. The highest BCUT2D eigenvalue weighted by molar-refractivity contribution is 6.19. The summed E-state index contributed by atoms with van der Waals surface area (Å²) in [5.41, 5.74) is 1.63. The van der Waals surface area contributed by atoms with Gasteiger partial charge in [-0.25, -0.2) is 0 Å². The van der Waals surface area contributed by atoms with Crippen LogP contribution in [0.2, 0.25) is 0 Å². The quantitative estimate of drug-likeness (QED) is 0.383. The predicted molar refractivity (Wildman–Crippen MR) is 122 cm³/mol. The molecule has 3 aromatic carbocycles.